The third kappa shape index (κ3) is 3.60. The van der Waals surface area contributed by atoms with Crippen LogP contribution in [0.1, 0.15) is 45.1 Å². The van der Waals surface area contributed by atoms with Crippen LogP contribution < -0.4 is 10.2 Å². The maximum atomic E-state index is 3.81. The number of hydrogen-bond acceptors (Lipinski definition) is 2. The smallest absolute Gasteiger partial charge is 0.0399 e. The molecule has 1 fully saturated rings. The second kappa shape index (κ2) is 6.83. The SMILES string of the molecule is CC1CCC(NCCCN2CCc3ccccc32)C(C)C1. The third-order valence-corrected chi connectivity index (χ3v) is 5.43. The summed E-state index contributed by atoms with van der Waals surface area (Å²) in [4.78, 5) is 2.56. The molecule has 1 heterocycles. The molecule has 0 aromatic heterocycles. The molecule has 1 aromatic carbocycles. The Bertz CT molecular complexity index is 457. The van der Waals surface area contributed by atoms with E-state index in [0.29, 0.717) is 0 Å². The zero-order chi connectivity index (χ0) is 14.7. The van der Waals surface area contributed by atoms with Gasteiger partial charge in [0.05, 0.1) is 0 Å². The van der Waals surface area contributed by atoms with E-state index in [0.717, 1.165) is 17.9 Å². The van der Waals surface area contributed by atoms with Crippen LogP contribution in [-0.4, -0.2) is 25.7 Å². The molecule has 0 amide bonds. The molecule has 2 aliphatic rings. The molecule has 1 aliphatic heterocycles. The number of para-hydroxylation sites is 1. The van der Waals surface area contributed by atoms with Crippen molar-refractivity contribution in [3.05, 3.63) is 29.8 Å². The first-order valence-electron chi connectivity index (χ1n) is 8.80. The lowest BCUT2D eigenvalue weighted by atomic mass is 9.80. The summed E-state index contributed by atoms with van der Waals surface area (Å²) >= 11 is 0. The molecule has 1 N–H and O–H groups in total. The van der Waals surface area contributed by atoms with Crippen LogP contribution in [-0.2, 0) is 6.42 Å². The average Bonchev–Trinajstić information content (AvgIpc) is 2.89. The highest BCUT2D eigenvalue weighted by Gasteiger charge is 2.24. The number of fused-ring (bicyclic) bond motifs is 1. The number of hydrogen-bond donors (Lipinski definition) is 1. The van der Waals surface area contributed by atoms with Gasteiger partial charge >= 0.3 is 0 Å². The van der Waals surface area contributed by atoms with Crippen molar-refractivity contribution in [1.82, 2.24) is 5.32 Å². The van der Waals surface area contributed by atoms with E-state index in [4.69, 9.17) is 0 Å². The number of rotatable bonds is 5. The van der Waals surface area contributed by atoms with Crippen molar-refractivity contribution in [2.75, 3.05) is 24.5 Å². The van der Waals surface area contributed by atoms with Gasteiger partial charge in [-0.15, -0.1) is 0 Å². The minimum atomic E-state index is 0.757. The Hall–Kier alpha value is -1.02. The van der Waals surface area contributed by atoms with Gasteiger partial charge in [-0.2, -0.15) is 0 Å². The molecule has 0 radical (unpaired) electrons. The fourth-order valence-corrected chi connectivity index (χ4v) is 4.16. The van der Waals surface area contributed by atoms with Crippen molar-refractivity contribution in [1.29, 1.82) is 0 Å². The van der Waals surface area contributed by atoms with Crippen LogP contribution in [0.15, 0.2) is 24.3 Å². The predicted molar refractivity (Wildman–Crippen MR) is 90.9 cm³/mol. The van der Waals surface area contributed by atoms with Gasteiger partial charge in [0.25, 0.3) is 0 Å². The van der Waals surface area contributed by atoms with Crippen LogP contribution in [0.25, 0.3) is 0 Å². The van der Waals surface area contributed by atoms with E-state index < -0.39 is 0 Å². The highest BCUT2D eigenvalue weighted by atomic mass is 15.1. The van der Waals surface area contributed by atoms with Gasteiger partial charge in [-0.05, 0) is 62.1 Å². The van der Waals surface area contributed by atoms with Gasteiger partial charge in [0, 0.05) is 24.8 Å². The minimum absolute atomic E-state index is 0.757. The van der Waals surface area contributed by atoms with Crippen LogP contribution in [0, 0.1) is 11.8 Å². The molecule has 21 heavy (non-hydrogen) atoms. The first-order chi connectivity index (χ1) is 10.2. The monoisotopic (exact) mass is 286 g/mol. The van der Waals surface area contributed by atoms with E-state index in [-0.39, 0.29) is 0 Å². The van der Waals surface area contributed by atoms with Gasteiger partial charge in [0.2, 0.25) is 0 Å². The fourth-order valence-electron chi connectivity index (χ4n) is 4.16. The Morgan fingerprint density at radius 2 is 2.05 bits per heavy atom. The summed E-state index contributed by atoms with van der Waals surface area (Å²) in [5.74, 6) is 1.78. The second-order valence-corrected chi connectivity index (χ2v) is 7.18. The molecule has 2 heteroatoms. The molecular formula is C19H30N2. The van der Waals surface area contributed by atoms with Crippen molar-refractivity contribution < 1.29 is 0 Å². The summed E-state index contributed by atoms with van der Waals surface area (Å²) in [6.07, 6.45) is 6.65. The predicted octanol–water partition coefficient (Wildman–Crippen LogP) is 3.85. The van der Waals surface area contributed by atoms with Gasteiger partial charge in [-0.3, -0.25) is 0 Å². The van der Waals surface area contributed by atoms with Crippen LogP contribution in [0.5, 0.6) is 0 Å². The maximum absolute atomic E-state index is 3.81. The standard InChI is InChI=1S/C19H30N2/c1-15-8-9-18(16(2)14-15)20-11-5-12-21-13-10-17-6-3-4-7-19(17)21/h3-4,6-7,15-16,18,20H,5,8-14H2,1-2H3. The minimum Gasteiger partial charge on any atom is -0.371 e. The van der Waals surface area contributed by atoms with Gasteiger partial charge < -0.3 is 10.2 Å². The van der Waals surface area contributed by atoms with E-state index in [9.17, 15) is 0 Å². The summed E-state index contributed by atoms with van der Waals surface area (Å²) in [5, 5.41) is 3.81. The number of nitrogens with zero attached hydrogens (tertiary/aromatic N) is 1. The molecule has 0 bridgehead atoms. The topological polar surface area (TPSA) is 15.3 Å². The van der Waals surface area contributed by atoms with Gasteiger partial charge in [0.1, 0.15) is 0 Å². The first-order valence-corrected chi connectivity index (χ1v) is 8.80. The normalized spacial score (nSPS) is 28.7. The Balaban J connectivity index is 1.39. The average molecular weight is 286 g/mol. The van der Waals surface area contributed by atoms with E-state index in [1.165, 1.54) is 63.0 Å². The molecule has 3 rings (SSSR count). The Morgan fingerprint density at radius 3 is 2.90 bits per heavy atom. The maximum Gasteiger partial charge on any atom is 0.0399 e. The van der Waals surface area contributed by atoms with E-state index in [1.807, 2.05) is 0 Å². The highest BCUT2D eigenvalue weighted by Crippen LogP contribution is 2.29. The van der Waals surface area contributed by atoms with Crippen LogP contribution >= 0.6 is 0 Å². The first kappa shape index (κ1) is 14.9. The van der Waals surface area contributed by atoms with E-state index >= 15 is 0 Å². The lowest BCUT2D eigenvalue weighted by Gasteiger charge is -2.33. The molecule has 0 spiro atoms. The second-order valence-electron chi connectivity index (χ2n) is 7.18. The van der Waals surface area contributed by atoms with Crippen LogP contribution in [0.2, 0.25) is 0 Å². The number of anilines is 1. The molecule has 0 saturated heterocycles. The van der Waals surface area contributed by atoms with Crippen molar-refractivity contribution >= 4 is 5.69 Å². The van der Waals surface area contributed by atoms with Gasteiger partial charge in [-0.1, -0.05) is 32.0 Å². The lowest BCUT2D eigenvalue weighted by Crippen LogP contribution is -2.40. The molecule has 1 saturated carbocycles. The zero-order valence-corrected chi connectivity index (χ0v) is 13.6. The summed E-state index contributed by atoms with van der Waals surface area (Å²) in [6.45, 7) is 8.39. The molecule has 3 atom stereocenters. The molecule has 3 unspecified atom stereocenters. The molecular weight excluding hydrogens is 256 g/mol. The molecule has 1 aliphatic carbocycles. The Kier molecular flexibility index (Phi) is 4.84. The fraction of sp³-hybridized carbons (Fsp3) is 0.684. The van der Waals surface area contributed by atoms with Crippen molar-refractivity contribution in [3.63, 3.8) is 0 Å². The summed E-state index contributed by atoms with van der Waals surface area (Å²) in [5.41, 5.74) is 3.00. The number of nitrogens with one attached hydrogen (secondary N) is 1. The Labute approximate surface area is 129 Å². The Morgan fingerprint density at radius 1 is 1.19 bits per heavy atom. The van der Waals surface area contributed by atoms with Crippen molar-refractivity contribution in [2.24, 2.45) is 11.8 Å². The molecule has 1 aromatic rings. The molecule has 116 valence electrons. The van der Waals surface area contributed by atoms with Crippen molar-refractivity contribution in [2.45, 2.75) is 52.0 Å². The largest absolute Gasteiger partial charge is 0.371 e. The van der Waals surface area contributed by atoms with E-state index in [2.05, 4.69) is 48.3 Å². The highest BCUT2D eigenvalue weighted by molar-refractivity contribution is 5.57. The van der Waals surface area contributed by atoms with Gasteiger partial charge in [0.15, 0.2) is 0 Å². The summed E-state index contributed by atoms with van der Waals surface area (Å²) in [6, 6.07) is 9.64. The zero-order valence-electron chi connectivity index (χ0n) is 13.6. The molecule has 2 nitrogen and oxygen atoms in total. The number of benzene rings is 1. The van der Waals surface area contributed by atoms with Crippen LogP contribution in [0.3, 0.4) is 0 Å². The van der Waals surface area contributed by atoms with E-state index in [1.54, 1.807) is 0 Å². The quantitative estimate of drug-likeness (QED) is 0.827. The lowest BCUT2D eigenvalue weighted by molar-refractivity contribution is 0.228. The summed E-state index contributed by atoms with van der Waals surface area (Å²) in [7, 11) is 0. The van der Waals surface area contributed by atoms with Crippen LogP contribution in [0.4, 0.5) is 5.69 Å². The van der Waals surface area contributed by atoms with Crippen molar-refractivity contribution in [3.8, 4) is 0 Å². The third-order valence-electron chi connectivity index (χ3n) is 5.43. The van der Waals surface area contributed by atoms with Gasteiger partial charge in [-0.25, -0.2) is 0 Å². The summed E-state index contributed by atoms with van der Waals surface area (Å²) < 4.78 is 0.